The topological polar surface area (TPSA) is 95.5 Å². The lowest BCUT2D eigenvalue weighted by molar-refractivity contribution is -0.140. The fourth-order valence-corrected chi connectivity index (χ4v) is 2.85. The van der Waals surface area contributed by atoms with Crippen LogP contribution in [0.25, 0.3) is 0 Å². The van der Waals surface area contributed by atoms with E-state index >= 15 is 0 Å². The first-order chi connectivity index (χ1) is 9.49. The minimum Gasteiger partial charge on any atom is -0.480 e. The molecule has 0 radical (unpaired) electrons. The quantitative estimate of drug-likeness (QED) is 0.656. The minimum atomic E-state index is -1.10. The molecular formula is C12H16N2O4S2. The summed E-state index contributed by atoms with van der Waals surface area (Å²) >= 11 is 2.73. The summed E-state index contributed by atoms with van der Waals surface area (Å²) in [6.07, 6.45) is 0. The number of hydrogen-bond acceptors (Lipinski definition) is 5. The Labute approximate surface area is 124 Å². The molecule has 0 spiro atoms. The zero-order valence-corrected chi connectivity index (χ0v) is 12.6. The molecule has 110 valence electrons. The van der Waals surface area contributed by atoms with Gasteiger partial charge in [-0.3, -0.25) is 9.59 Å². The Kier molecular flexibility index (Phi) is 7.10. The summed E-state index contributed by atoms with van der Waals surface area (Å²) in [5.41, 5.74) is 0. The summed E-state index contributed by atoms with van der Waals surface area (Å²) < 4.78 is 0. The van der Waals surface area contributed by atoms with Crippen molar-refractivity contribution >= 4 is 40.9 Å². The lowest BCUT2D eigenvalue weighted by atomic mass is 10.3. The number of nitrogens with one attached hydrogen (secondary N) is 2. The summed E-state index contributed by atoms with van der Waals surface area (Å²) in [6.45, 7) is 1.74. The molecule has 0 saturated carbocycles. The Balaban J connectivity index is 2.22. The first-order valence-electron chi connectivity index (χ1n) is 5.85. The van der Waals surface area contributed by atoms with Crippen LogP contribution in [0, 0.1) is 0 Å². The molecule has 1 aromatic heterocycles. The molecule has 20 heavy (non-hydrogen) atoms. The molecule has 0 unspecified atom stereocenters. The number of thiophene rings is 1. The molecule has 0 fully saturated rings. The summed E-state index contributed by atoms with van der Waals surface area (Å²) in [5.74, 6) is -1.35. The number of amides is 2. The summed E-state index contributed by atoms with van der Waals surface area (Å²) in [7, 11) is 0. The zero-order chi connectivity index (χ0) is 15.0. The Morgan fingerprint density at radius 1 is 1.45 bits per heavy atom. The third-order valence-corrected chi connectivity index (χ3v) is 4.14. The van der Waals surface area contributed by atoms with Crippen molar-refractivity contribution in [1.82, 2.24) is 10.6 Å². The van der Waals surface area contributed by atoms with Gasteiger partial charge in [-0.1, -0.05) is 6.07 Å². The second-order valence-electron chi connectivity index (χ2n) is 3.96. The van der Waals surface area contributed by atoms with Gasteiger partial charge < -0.3 is 15.7 Å². The van der Waals surface area contributed by atoms with Crippen molar-refractivity contribution in [2.75, 3.05) is 11.5 Å². The highest BCUT2D eigenvalue weighted by Crippen LogP contribution is 2.08. The van der Waals surface area contributed by atoms with Crippen molar-refractivity contribution in [3.63, 3.8) is 0 Å². The highest BCUT2D eigenvalue weighted by molar-refractivity contribution is 8.00. The fraction of sp³-hybridized carbons (Fsp3) is 0.417. The minimum absolute atomic E-state index is 0.154. The number of hydrogen-bond donors (Lipinski definition) is 3. The van der Waals surface area contributed by atoms with E-state index in [1.54, 1.807) is 11.3 Å². The largest absolute Gasteiger partial charge is 0.480 e. The van der Waals surface area contributed by atoms with Crippen LogP contribution in [0.5, 0.6) is 0 Å². The number of carbonyl (C=O) groups excluding carboxylic acids is 2. The third kappa shape index (κ3) is 6.58. The molecule has 3 N–H and O–H groups in total. The number of thioether (sulfide) groups is 1. The summed E-state index contributed by atoms with van der Waals surface area (Å²) in [4.78, 5) is 34.3. The molecule has 2 amide bonds. The summed E-state index contributed by atoms with van der Waals surface area (Å²) in [6, 6.07) is 2.86. The fourth-order valence-electron chi connectivity index (χ4n) is 1.34. The Morgan fingerprint density at radius 2 is 2.20 bits per heavy atom. The van der Waals surface area contributed by atoms with Crippen molar-refractivity contribution in [2.24, 2.45) is 0 Å². The van der Waals surface area contributed by atoms with Gasteiger partial charge in [0.05, 0.1) is 12.3 Å². The lowest BCUT2D eigenvalue weighted by Gasteiger charge is -2.12. The standard InChI is InChI=1S/C12H16N2O4S2/c1-8(15)14-10(12(17)18)6-19-7-11(16)13-5-9-3-2-4-20-9/h2-4,10H,5-7H2,1H3,(H,13,16)(H,14,15)(H,17,18)/t10-/m0/s1. The molecule has 1 rings (SSSR count). The van der Waals surface area contributed by atoms with Crippen LogP contribution >= 0.6 is 23.1 Å². The molecule has 0 aliphatic heterocycles. The SMILES string of the molecule is CC(=O)N[C@@H](CSCC(=O)NCc1cccs1)C(=O)O. The van der Waals surface area contributed by atoms with E-state index in [1.807, 2.05) is 17.5 Å². The van der Waals surface area contributed by atoms with Crippen LogP contribution in [0.4, 0.5) is 0 Å². The number of carbonyl (C=O) groups is 3. The third-order valence-electron chi connectivity index (χ3n) is 2.23. The van der Waals surface area contributed by atoms with Crippen LogP contribution in [0.1, 0.15) is 11.8 Å². The van der Waals surface area contributed by atoms with Crippen molar-refractivity contribution < 1.29 is 19.5 Å². The molecule has 0 aliphatic rings. The van der Waals surface area contributed by atoms with Crippen LogP contribution in [0.2, 0.25) is 0 Å². The average Bonchev–Trinajstić information content (AvgIpc) is 2.87. The van der Waals surface area contributed by atoms with Gasteiger partial charge in [0.2, 0.25) is 11.8 Å². The Hall–Kier alpha value is -1.54. The van der Waals surface area contributed by atoms with E-state index in [1.165, 1.54) is 18.7 Å². The van der Waals surface area contributed by atoms with E-state index in [-0.39, 0.29) is 17.4 Å². The maximum absolute atomic E-state index is 11.5. The lowest BCUT2D eigenvalue weighted by Crippen LogP contribution is -2.41. The normalized spacial score (nSPS) is 11.7. The van der Waals surface area contributed by atoms with Gasteiger partial charge in [0.15, 0.2) is 0 Å². The van der Waals surface area contributed by atoms with Gasteiger partial charge in [-0.15, -0.1) is 23.1 Å². The molecule has 1 aromatic rings. The molecule has 0 aliphatic carbocycles. The monoisotopic (exact) mass is 316 g/mol. The van der Waals surface area contributed by atoms with Crippen LogP contribution in [0.15, 0.2) is 17.5 Å². The van der Waals surface area contributed by atoms with Gasteiger partial charge in [0, 0.05) is 17.6 Å². The smallest absolute Gasteiger partial charge is 0.327 e. The van der Waals surface area contributed by atoms with E-state index in [2.05, 4.69) is 10.6 Å². The predicted molar refractivity (Wildman–Crippen MR) is 78.7 cm³/mol. The van der Waals surface area contributed by atoms with Crippen molar-refractivity contribution in [2.45, 2.75) is 19.5 Å². The highest BCUT2D eigenvalue weighted by Gasteiger charge is 2.18. The van der Waals surface area contributed by atoms with Crippen LogP contribution < -0.4 is 10.6 Å². The number of carboxylic acid groups (broad SMARTS) is 1. The van der Waals surface area contributed by atoms with Crippen LogP contribution in [0.3, 0.4) is 0 Å². The van der Waals surface area contributed by atoms with E-state index in [9.17, 15) is 14.4 Å². The van der Waals surface area contributed by atoms with Gasteiger partial charge in [0.25, 0.3) is 0 Å². The maximum Gasteiger partial charge on any atom is 0.327 e. The Morgan fingerprint density at radius 3 is 2.75 bits per heavy atom. The van der Waals surface area contributed by atoms with E-state index in [0.717, 1.165) is 4.88 Å². The number of carboxylic acids is 1. The first-order valence-corrected chi connectivity index (χ1v) is 7.89. The highest BCUT2D eigenvalue weighted by atomic mass is 32.2. The molecule has 1 heterocycles. The molecular weight excluding hydrogens is 300 g/mol. The summed E-state index contributed by atoms with van der Waals surface area (Å²) in [5, 5.41) is 15.9. The van der Waals surface area contributed by atoms with E-state index < -0.39 is 17.9 Å². The van der Waals surface area contributed by atoms with Gasteiger partial charge in [-0.2, -0.15) is 0 Å². The molecule has 0 aromatic carbocycles. The van der Waals surface area contributed by atoms with Crippen LogP contribution in [-0.2, 0) is 20.9 Å². The average molecular weight is 316 g/mol. The van der Waals surface area contributed by atoms with Crippen molar-refractivity contribution in [1.29, 1.82) is 0 Å². The molecule has 8 heteroatoms. The van der Waals surface area contributed by atoms with Gasteiger partial charge in [-0.05, 0) is 11.4 Å². The molecule has 1 atom stereocenters. The van der Waals surface area contributed by atoms with Gasteiger partial charge >= 0.3 is 5.97 Å². The predicted octanol–water partition coefficient (Wildman–Crippen LogP) is 0.687. The molecule has 0 bridgehead atoms. The maximum atomic E-state index is 11.5. The van der Waals surface area contributed by atoms with Gasteiger partial charge in [0.1, 0.15) is 6.04 Å². The van der Waals surface area contributed by atoms with E-state index in [4.69, 9.17) is 5.11 Å². The number of aliphatic carboxylic acids is 1. The molecule has 0 saturated heterocycles. The molecule has 6 nitrogen and oxygen atoms in total. The Bertz CT molecular complexity index is 462. The zero-order valence-electron chi connectivity index (χ0n) is 10.9. The van der Waals surface area contributed by atoms with E-state index in [0.29, 0.717) is 6.54 Å². The number of rotatable bonds is 8. The van der Waals surface area contributed by atoms with Gasteiger partial charge in [-0.25, -0.2) is 4.79 Å². The van der Waals surface area contributed by atoms with Crippen molar-refractivity contribution in [3.8, 4) is 0 Å². The second-order valence-corrected chi connectivity index (χ2v) is 6.03. The van der Waals surface area contributed by atoms with Crippen LogP contribution in [-0.4, -0.2) is 40.4 Å². The second kappa shape index (κ2) is 8.60. The first kappa shape index (κ1) is 16.5. The van der Waals surface area contributed by atoms with Crippen molar-refractivity contribution in [3.05, 3.63) is 22.4 Å².